The van der Waals surface area contributed by atoms with Crippen LogP contribution < -0.4 is 0 Å². The molecule has 2 aromatic carbocycles. The Kier molecular flexibility index (Phi) is 9.18. The van der Waals surface area contributed by atoms with Crippen LogP contribution in [0.2, 0.25) is 0 Å². The Bertz CT molecular complexity index is 491. The lowest BCUT2D eigenvalue weighted by molar-refractivity contribution is 0.368. The molecule has 0 aromatic heterocycles. The van der Waals surface area contributed by atoms with Gasteiger partial charge in [-0.25, -0.2) is 0 Å². The minimum atomic E-state index is -6.00. The van der Waals surface area contributed by atoms with Crippen molar-refractivity contribution in [1.82, 2.24) is 0 Å². The van der Waals surface area contributed by atoms with Gasteiger partial charge in [0.05, 0.1) is 10.9 Å². The van der Waals surface area contributed by atoms with Crippen LogP contribution in [-0.2, 0) is 10.9 Å². The number of alkyl halides is 1. The molecule has 0 heterocycles. The Morgan fingerprint density at radius 3 is 1.48 bits per heavy atom. The fourth-order valence-corrected chi connectivity index (χ4v) is 4.28. The van der Waals surface area contributed by atoms with Gasteiger partial charge in [-0.05, 0) is 37.1 Å². The van der Waals surface area contributed by atoms with E-state index in [4.69, 9.17) is 11.6 Å². The van der Waals surface area contributed by atoms with Crippen LogP contribution in [0, 0.1) is 0 Å². The maximum Gasteiger partial charge on any atom is 0.673 e. The van der Waals surface area contributed by atoms with Crippen LogP contribution >= 0.6 is 11.6 Å². The van der Waals surface area contributed by atoms with Gasteiger partial charge < -0.3 is 17.3 Å². The third-order valence-electron chi connectivity index (χ3n) is 2.79. The highest BCUT2D eigenvalue weighted by molar-refractivity contribution is 7.97. The first-order chi connectivity index (χ1) is 10.9. The second-order valence-corrected chi connectivity index (χ2v) is 7.12. The van der Waals surface area contributed by atoms with E-state index in [0.717, 1.165) is 12.3 Å². The fraction of sp³-hybridized carbons (Fsp3) is 0.250. The highest BCUT2D eigenvalue weighted by atomic mass is 35.5. The number of hydrogen-bond acceptors (Lipinski definition) is 0. The Labute approximate surface area is 142 Å². The topological polar surface area (TPSA) is 0 Å². The minimum Gasteiger partial charge on any atom is -0.418 e. The standard InChI is InChI=1S/C16H18ClS.BF4/c17-13-7-8-14-18(15-9-3-1-4-10-15)16-11-5-2-6-12-16;2-1(3,4)5/h1-6,9-12H,7-8,13-14H2;/q+1;-1. The number of halogens is 5. The molecule has 0 nitrogen and oxygen atoms in total. The van der Waals surface area contributed by atoms with Crippen molar-refractivity contribution in [2.24, 2.45) is 0 Å². The smallest absolute Gasteiger partial charge is 0.418 e. The minimum absolute atomic E-state index is 0.189. The summed E-state index contributed by atoms with van der Waals surface area (Å²) >= 11 is 5.78. The number of unbranched alkanes of at least 4 members (excludes halogenated alkanes) is 1. The third kappa shape index (κ3) is 9.56. The maximum atomic E-state index is 9.75. The van der Waals surface area contributed by atoms with Crippen molar-refractivity contribution in [3.63, 3.8) is 0 Å². The summed E-state index contributed by atoms with van der Waals surface area (Å²) < 4.78 is 39.0. The Balaban J connectivity index is 0.000000463. The average Bonchev–Trinajstić information content (AvgIpc) is 2.52. The molecule has 0 saturated heterocycles. The van der Waals surface area contributed by atoms with Crippen molar-refractivity contribution in [1.29, 1.82) is 0 Å². The van der Waals surface area contributed by atoms with Crippen molar-refractivity contribution < 1.29 is 17.3 Å². The van der Waals surface area contributed by atoms with Crippen molar-refractivity contribution in [2.75, 3.05) is 11.6 Å². The number of rotatable bonds is 6. The SMILES string of the molecule is ClCCCC[S+](c1ccccc1)c1ccccc1.F[B-](F)(F)F. The molecule has 0 saturated carbocycles. The highest BCUT2D eigenvalue weighted by Crippen LogP contribution is 2.24. The summed E-state index contributed by atoms with van der Waals surface area (Å²) in [5, 5.41) is 0. The van der Waals surface area contributed by atoms with Crippen LogP contribution in [0.15, 0.2) is 70.5 Å². The second kappa shape index (κ2) is 10.6. The summed E-state index contributed by atoms with van der Waals surface area (Å²) in [4.78, 5) is 2.86. The van der Waals surface area contributed by atoms with E-state index in [1.807, 2.05) is 0 Å². The Hall–Kier alpha value is -1.14. The molecule has 2 aromatic rings. The predicted molar refractivity (Wildman–Crippen MR) is 91.8 cm³/mol. The van der Waals surface area contributed by atoms with Crippen LogP contribution in [-0.4, -0.2) is 18.9 Å². The molecular formula is C16H18BClF4S. The molecule has 0 fully saturated rings. The molecule has 0 amide bonds. The monoisotopic (exact) mass is 364 g/mol. The molecule has 0 atom stereocenters. The van der Waals surface area contributed by atoms with Gasteiger partial charge in [0.1, 0.15) is 5.75 Å². The lowest BCUT2D eigenvalue weighted by Gasteiger charge is -2.07. The normalized spacial score (nSPS) is 11.0. The van der Waals surface area contributed by atoms with E-state index in [1.54, 1.807) is 0 Å². The number of hydrogen-bond donors (Lipinski definition) is 0. The first-order valence-electron chi connectivity index (χ1n) is 7.16. The molecule has 0 spiro atoms. The summed E-state index contributed by atoms with van der Waals surface area (Å²) in [6.45, 7) is 0. The lowest BCUT2D eigenvalue weighted by Crippen LogP contribution is -2.09. The molecule has 23 heavy (non-hydrogen) atoms. The van der Waals surface area contributed by atoms with E-state index in [-0.39, 0.29) is 10.9 Å². The zero-order valence-corrected chi connectivity index (χ0v) is 14.0. The largest absolute Gasteiger partial charge is 0.673 e. The summed E-state index contributed by atoms with van der Waals surface area (Å²) in [6.07, 6.45) is 2.29. The zero-order valence-electron chi connectivity index (χ0n) is 12.5. The lowest BCUT2D eigenvalue weighted by atomic mass is 10.3. The molecule has 0 N–H and O–H groups in total. The average molecular weight is 365 g/mol. The van der Waals surface area contributed by atoms with Gasteiger partial charge >= 0.3 is 7.25 Å². The summed E-state index contributed by atoms with van der Waals surface area (Å²) in [6, 6.07) is 21.6. The molecule has 0 unspecified atom stereocenters. The van der Waals surface area contributed by atoms with E-state index in [0.29, 0.717) is 0 Å². The molecule has 0 radical (unpaired) electrons. The van der Waals surface area contributed by atoms with Crippen LogP contribution in [0.1, 0.15) is 12.8 Å². The van der Waals surface area contributed by atoms with E-state index >= 15 is 0 Å². The maximum absolute atomic E-state index is 9.75. The molecule has 0 aliphatic carbocycles. The van der Waals surface area contributed by atoms with E-state index in [9.17, 15) is 17.3 Å². The Morgan fingerprint density at radius 1 is 0.739 bits per heavy atom. The van der Waals surface area contributed by atoms with Crippen LogP contribution in [0.4, 0.5) is 17.3 Å². The first kappa shape index (κ1) is 19.9. The molecule has 0 aliphatic heterocycles. The molecule has 7 heteroatoms. The van der Waals surface area contributed by atoms with Gasteiger partial charge in [-0.3, -0.25) is 0 Å². The van der Waals surface area contributed by atoms with Crippen LogP contribution in [0.25, 0.3) is 0 Å². The molecule has 0 aliphatic rings. The summed E-state index contributed by atoms with van der Waals surface area (Å²) in [5.74, 6) is 1.96. The van der Waals surface area contributed by atoms with E-state index < -0.39 is 7.25 Å². The van der Waals surface area contributed by atoms with Gasteiger partial charge in [0, 0.05) is 5.88 Å². The summed E-state index contributed by atoms with van der Waals surface area (Å²) in [5.41, 5.74) is 0. The molecule has 126 valence electrons. The predicted octanol–water partition coefficient (Wildman–Crippen LogP) is 6.04. The van der Waals surface area contributed by atoms with Gasteiger partial charge in [0.15, 0.2) is 9.79 Å². The zero-order chi connectivity index (χ0) is 17.1. The van der Waals surface area contributed by atoms with Gasteiger partial charge in [-0.1, -0.05) is 36.4 Å². The van der Waals surface area contributed by atoms with E-state index in [1.165, 1.54) is 22.0 Å². The van der Waals surface area contributed by atoms with Gasteiger partial charge in [-0.2, -0.15) is 0 Å². The van der Waals surface area contributed by atoms with Crippen molar-refractivity contribution in [2.45, 2.75) is 22.6 Å². The van der Waals surface area contributed by atoms with Crippen molar-refractivity contribution in [3.05, 3.63) is 60.7 Å². The third-order valence-corrected chi connectivity index (χ3v) is 5.43. The van der Waals surface area contributed by atoms with Crippen LogP contribution in [0.5, 0.6) is 0 Å². The first-order valence-corrected chi connectivity index (χ1v) is 9.09. The fourth-order valence-electron chi connectivity index (χ4n) is 1.88. The molecule has 0 bridgehead atoms. The highest BCUT2D eigenvalue weighted by Gasteiger charge is 2.23. The molecular weight excluding hydrogens is 346 g/mol. The van der Waals surface area contributed by atoms with Gasteiger partial charge in [0.25, 0.3) is 0 Å². The quantitative estimate of drug-likeness (QED) is 0.193. The summed E-state index contributed by atoms with van der Waals surface area (Å²) in [7, 11) is -5.81. The molecule has 2 rings (SSSR count). The van der Waals surface area contributed by atoms with Crippen molar-refractivity contribution in [3.8, 4) is 0 Å². The number of benzene rings is 2. The van der Waals surface area contributed by atoms with Gasteiger partial charge in [0.2, 0.25) is 0 Å². The Morgan fingerprint density at radius 2 is 1.13 bits per heavy atom. The van der Waals surface area contributed by atoms with Crippen LogP contribution in [0.3, 0.4) is 0 Å². The van der Waals surface area contributed by atoms with E-state index in [2.05, 4.69) is 60.7 Å². The van der Waals surface area contributed by atoms with Crippen molar-refractivity contribution >= 4 is 29.8 Å². The second-order valence-electron chi connectivity index (χ2n) is 4.61. The van der Waals surface area contributed by atoms with Gasteiger partial charge in [-0.15, -0.1) is 11.6 Å².